The highest BCUT2D eigenvalue weighted by Crippen LogP contribution is 2.37. The van der Waals surface area contributed by atoms with Crippen molar-refractivity contribution in [3.63, 3.8) is 0 Å². The van der Waals surface area contributed by atoms with Crippen molar-refractivity contribution >= 4 is 22.9 Å². The normalized spacial score (nSPS) is 17.4. The number of nitrogens with one attached hydrogen (secondary N) is 1. The van der Waals surface area contributed by atoms with Crippen molar-refractivity contribution in [1.82, 2.24) is 5.32 Å². The van der Waals surface area contributed by atoms with Crippen LogP contribution in [0.2, 0.25) is 5.02 Å². The number of halogens is 1. The van der Waals surface area contributed by atoms with Gasteiger partial charge < -0.3 is 10.1 Å². The fourth-order valence-corrected chi connectivity index (χ4v) is 3.11. The molecule has 2 nitrogen and oxygen atoms in total. The van der Waals surface area contributed by atoms with Crippen LogP contribution in [0.25, 0.3) is 0 Å². The standard InChI is InChI=1S/C11H18ClNOS/c1-5-11(2,14-4)10(13-3)9-8(12)6-7-15-9/h6-7,10,13H,5H2,1-4H3. The summed E-state index contributed by atoms with van der Waals surface area (Å²) in [5.74, 6) is 0. The second-order valence-corrected chi connectivity index (χ2v) is 5.08. The molecule has 0 saturated carbocycles. The fourth-order valence-electron chi connectivity index (χ4n) is 1.69. The van der Waals surface area contributed by atoms with E-state index >= 15 is 0 Å². The fraction of sp³-hybridized carbons (Fsp3) is 0.636. The lowest BCUT2D eigenvalue weighted by Gasteiger charge is -2.35. The molecule has 0 saturated heterocycles. The van der Waals surface area contributed by atoms with E-state index in [9.17, 15) is 0 Å². The van der Waals surface area contributed by atoms with E-state index in [1.165, 1.54) is 0 Å². The van der Waals surface area contributed by atoms with Gasteiger partial charge in [-0.15, -0.1) is 11.3 Å². The maximum Gasteiger partial charge on any atom is 0.0850 e. The molecule has 86 valence electrons. The first kappa shape index (κ1) is 13.0. The zero-order valence-electron chi connectivity index (χ0n) is 9.63. The van der Waals surface area contributed by atoms with Gasteiger partial charge in [0.1, 0.15) is 0 Å². The van der Waals surface area contributed by atoms with E-state index in [-0.39, 0.29) is 11.6 Å². The maximum atomic E-state index is 6.15. The Morgan fingerprint density at radius 2 is 2.33 bits per heavy atom. The number of likely N-dealkylation sites (N-methyl/N-ethyl adjacent to an activating group) is 1. The van der Waals surface area contributed by atoms with Gasteiger partial charge in [0.15, 0.2) is 0 Å². The Morgan fingerprint density at radius 1 is 1.67 bits per heavy atom. The molecular weight excluding hydrogens is 230 g/mol. The quantitative estimate of drug-likeness (QED) is 0.860. The van der Waals surface area contributed by atoms with Gasteiger partial charge in [-0.25, -0.2) is 0 Å². The van der Waals surface area contributed by atoms with Gasteiger partial charge in [0.25, 0.3) is 0 Å². The van der Waals surface area contributed by atoms with Crippen LogP contribution < -0.4 is 5.32 Å². The minimum atomic E-state index is -0.219. The summed E-state index contributed by atoms with van der Waals surface area (Å²) in [5.41, 5.74) is -0.219. The highest BCUT2D eigenvalue weighted by Gasteiger charge is 2.34. The summed E-state index contributed by atoms with van der Waals surface area (Å²) in [5, 5.41) is 6.11. The molecule has 15 heavy (non-hydrogen) atoms. The molecule has 0 aromatic carbocycles. The molecule has 1 aromatic rings. The molecule has 0 aliphatic carbocycles. The van der Waals surface area contributed by atoms with Gasteiger partial charge in [0.2, 0.25) is 0 Å². The first-order chi connectivity index (χ1) is 7.09. The molecule has 1 heterocycles. The summed E-state index contributed by atoms with van der Waals surface area (Å²) >= 11 is 7.81. The molecule has 0 bridgehead atoms. The van der Waals surface area contributed by atoms with Crippen molar-refractivity contribution in [1.29, 1.82) is 0 Å². The highest BCUT2D eigenvalue weighted by molar-refractivity contribution is 7.10. The van der Waals surface area contributed by atoms with Crippen LogP contribution in [0.15, 0.2) is 11.4 Å². The molecule has 1 rings (SSSR count). The van der Waals surface area contributed by atoms with Crippen LogP contribution in [0, 0.1) is 0 Å². The number of methoxy groups -OCH3 is 1. The molecule has 0 radical (unpaired) electrons. The van der Waals surface area contributed by atoms with Crippen molar-refractivity contribution in [3.05, 3.63) is 21.3 Å². The first-order valence-electron chi connectivity index (χ1n) is 5.04. The molecule has 0 aliphatic rings. The minimum Gasteiger partial charge on any atom is -0.377 e. The predicted molar refractivity (Wildman–Crippen MR) is 66.8 cm³/mol. The van der Waals surface area contributed by atoms with Crippen LogP contribution in [0.4, 0.5) is 0 Å². The second-order valence-electron chi connectivity index (χ2n) is 3.72. The van der Waals surface area contributed by atoms with Crippen LogP contribution in [-0.4, -0.2) is 19.8 Å². The zero-order valence-corrected chi connectivity index (χ0v) is 11.2. The first-order valence-corrected chi connectivity index (χ1v) is 6.30. The maximum absolute atomic E-state index is 6.15. The summed E-state index contributed by atoms with van der Waals surface area (Å²) < 4.78 is 5.60. The topological polar surface area (TPSA) is 21.3 Å². The van der Waals surface area contributed by atoms with E-state index in [4.69, 9.17) is 16.3 Å². The summed E-state index contributed by atoms with van der Waals surface area (Å²) in [7, 11) is 3.68. The molecule has 1 aromatic heterocycles. The van der Waals surface area contributed by atoms with Crippen molar-refractivity contribution < 1.29 is 4.74 Å². The van der Waals surface area contributed by atoms with E-state index in [2.05, 4.69) is 19.2 Å². The van der Waals surface area contributed by atoms with E-state index in [1.54, 1.807) is 18.4 Å². The third-order valence-corrected chi connectivity index (χ3v) is 4.40. The molecule has 4 heteroatoms. The Kier molecular flexibility index (Phi) is 4.59. The van der Waals surface area contributed by atoms with Crippen LogP contribution >= 0.6 is 22.9 Å². The number of hydrogen-bond acceptors (Lipinski definition) is 3. The lowest BCUT2D eigenvalue weighted by atomic mass is 9.92. The monoisotopic (exact) mass is 247 g/mol. The van der Waals surface area contributed by atoms with Gasteiger partial charge in [-0.3, -0.25) is 0 Å². The molecule has 0 aliphatic heterocycles. The van der Waals surface area contributed by atoms with Gasteiger partial charge in [-0.2, -0.15) is 0 Å². The number of rotatable bonds is 5. The molecule has 0 amide bonds. The van der Waals surface area contributed by atoms with E-state index in [0.717, 1.165) is 16.3 Å². The SMILES string of the molecule is CCC(C)(OC)C(NC)c1sccc1Cl. The third-order valence-electron chi connectivity index (χ3n) is 2.97. The van der Waals surface area contributed by atoms with Gasteiger partial charge in [-0.05, 0) is 31.8 Å². The molecule has 2 atom stereocenters. The van der Waals surface area contributed by atoms with Crippen molar-refractivity contribution in [2.24, 2.45) is 0 Å². The van der Waals surface area contributed by atoms with E-state index in [0.29, 0.717) is 0 Å². The third kappa shape index (κ3) is 2.53. The molecule has 2 unspecified atom stereocenters. The van der Waals surface area contributed by atoms with Gasteiger partial charge >= 0.3 is 0 Å². The minimum absolute atomic E-state index is 0.139. The van der Waals surface area contributed by atoms with Crippen LogP contribution in [0.5, 0.6) is 0 Å². The smallest absolute Gasteiger partial charge is 0.0850 e. The Hall–Kier alpha value is -0.0900. The average molecular weight is 248 g/mol. The predicted octanol–water partition coefficient (Wildman–Crippen LogP) is 3.48. The van der Waals surface area contributed by atoms with Gasteiger partial charge in [0.05, 0.1) is 16.7 Å². The van der Waals surface area contributed by atoms with Gasteiger partial charge in [-0.1, -0.05) is 18.5 Å². The Morgan fingerprint density at radius 3 is 2.67 bits per heavy atom. The summed E-state index contributed by atoms with van der Waals surface area (Å²) in [6.45, 7) is 4.22. The Balaban J connectivity index is 3.03. The van der Waals surface area contributed by atoms with Crippen molar-refractivity contribution in [2.45, 2.75) is 31.9 Å². The van der Waals surface area contributed by atoms with Crippen molar-refractivity contribution in [2.75, 3.05) is 14.2 Å². The van der Waals surface area contributed by atoms with Crippen molar-refractivity contribution in [3.8, 4) is 0 Å². The largest absolute Gasteiger partial charge is 0.377 e. The summed E-state index contributed by atoms with van der Waals surface area (Å²) in [6.07, 6.45) is 0.934. The molecule has 0 fully saturated rings. The molecular formula is C11H18ClNOS. The van der Waals surface area contributed by atoms with Crippen LogP contribution in [-0.2, 0) is 4.74 Å². The number of hydrogen-bond donors (Lipinski definition) is 1. The summed E-state index contributed by atoms with van der Waals surface area (Å²) in [6, 6.07) is 2.07. The summed E-state index contributed by atoms with van der Waals surface area (Å²) in [4.78, 5) is 1.14. The average Bonchev–Trinajstić information content (AvgIpc) is 2.66. The Labute approximate surface area is 101 Å². The molecule has 0 spiro atoms. The second kappa shape index (κ2) is 5.30. The van der Waals surface area contributed by atoms with E-state index < -0.39 is 0 Å². The lowest BCUT2D eigenvalue weighted by molar-refractivity contribution is -0.0270. The zero-order chi connectivity index (χ0) is 11.5. The van der Waals surface area contributed by atoms with Gasteiger partial charge in [0, 0.05) is 12.0 Å². The van der Waals surface area contributed by atoms with Crippen LogP contribution in [0.1, 0.15) is 31.2 Å². The van der Waals surface area contributed by atoms with E-state index in [1.807, 2.05) is 18.5 Å². The Bertz CT molecular complexity index is 309. The lowest BCUT2D eigenvalue weighted by Crippen LogP contribution is -2.41. The molecule has 1 N–H and O–H groups in total. The number of thiophene rings is 1. The number of ether oxygens (including phenoxy) is 1. The highest BCUT2D eigenvalue weighted by atomic mass is 35.5. The van der Waals surface area contributed by atoms with Crippen LogP contribution in [0.3, 0.4) is 0 Å².